The number of pyridine rings is 1. The minimum Gasteiger partial charge on any atom is -0.353 e. The zero-order valence-electron chi connectivity index (χ0n) is 12.2. The van der Waals surface area contributed by atoms with Gasteiger partial charge in [-0.05, 0) is 42.6 Å². The van der Waals surface area contributed by atoms with Gasteiger partial charge in [-0.15, -0.1) is 0 Å². The first-order valence-corrected chi connectivity index (χ1v) is 7.63. The van der Waals surface area contributed by atoms with Crippen LogP contribution in [0.15, 0.2) is 46.0 Å². The summed E-state index contributed by atoms with van der Waals surface area (Å²) in [5, 5.41) is 7.00. The van der Waals surface area contributed by atoms with Gasteiger partial charge in [0.15, 0.2) is 0 Å². The monoisotopic (exact) mass is 305 g/mol. The Hall–Kier alpha value is -1.92. The first-order valence-electron chi connectivity index (χ1n) is 6.68. The van der Waals surface area contributed by atoms with Crippen molar-refractivity contribution in [1.29, 1.82) is 0 Å². The third-order valence-electron chi connectivity index (χ3n) is 3.26. The van der Waals surface area contributed by atoms with Crippen LogP contribution in [0.4, 0.5) is 0 Å². The van der Waals surface area contributed by atoms with Crippen LogP contribution >= 0.6 is 11.3 Å². The van der Waals surface area contributed by atoms with Gasteiger partial charge in [0.25, 0.3) is 5.56 Å². The molecule has 0 aliphatic carbocycles. The number of amides is 1. The molecule has 0 saturated heterocycles. The van der Waals surface area contributed by atoms with Gasteiger partial charge in [-0.2, -0.15) is 11.3 Å². The van der Waals surface area contributed by atoms with E-state index in [4.69, 9.17) is 0 Å². The topological polar surface area (TPSA) is 54.3 Å². The maximum Gasteiger partial charge on any atom is 0.250 e. The smallest absolute Gasteiger partial charge is 0.250 e. The largest absolute Gasteiger partial charge is 0.353 e. The quantitative estimate of drug-likeness (QED) is 0.876. The minimum atomic E-state index is -0.172. The Morgan fingerprint density at radius 1 is 1.38 bits per heavy atom. The van der Waals surface area contributed by atoms with E-state index < -0.39 is 0 Å². The fourth-order valence-electron chi connectivity index (χ4n) is 2.08. The summed E-state index contributed by atoms with van der Waals surface area (Å²) in [6.45, 7) is 0.563. The maximum atomic E-state index is 12.0. The van der Waals surface area contributed by atoms with Crippen LogP contribution in [0.1, 0.15) is 11.6 Å². The van der Waals surface area contributed by atoms with E-state index in [1.807, 2.05) is 19.5 Å². The molecule has 5 nitrogen and oxygen atoms in total. The number of hydrogen-bond acceptors (Lipinski definition) is 4. The van der Waals surface area contributed by atoms with E-state index in [0.29, 0.717) is 6.54 Å². The Kier molecular flexibility index (Phi) is 5.30. The van der Waals surface area contributed by atoms with Crippen LogP contribution in [0.3, 0.4) is 0 Å². The van der Waals surface area contributed by atoms with Gasteiger partial charge >= 0.3 is 0 Å². The third kappa shape index (κ3) is 4.27. The van der Waals surface area contributed by atoms with Crippen molar-refractivity contribution in [3.63, 3.8) is 0 Å². The Bertz CT molecular complexity index is 634. The molecule has 2 rings (SSSR count). The molecule has 2 aromatic rings. The highest BCUT2D eigenvalue weighted by atomic mass is 32.1. The van der Waals surface area contributed by atoms with Crippen molar-refractivity contribution in [2.75, 3.05) is 20.6 Å². The number of hydrogen-bond donors (Lipinski definition) is 1. The molecule has 6 heteroatoms. The first-order chi connectivity index (χ1) is 10.1. The molecular weight excluding hydrogens is 286 g/mol. The van der Waals surface area contributed by atoms with Crippen molar-refractivity contribution in [2.45, 2.75) is 12.6 Å². The summed E-state index contributed by atoms with van der Waals surface area (Å²) in [4.78, 5) is 25.6. The van der Waals surface area contributed by atoms with Crippen molar-refractivity contribution in [3.8, 4) is 0 Å². The van der Waals surface area contributed by atoms with E-state index in [-0.39, 0.29) is 24.1 Å². The van der Waals surface area contributed by atoms with Crippen LogP contribution in [0.2, 0.25) is 0 Å². The Balaban J connectivity index is 1.94. The SMILES string of the molecule is CN(C)C(CNC(=O)Cn1ccccc1=O)c1ccsc1. The summed E-state index contributed by atoms with van der Waals surface area (Å²) < 4.78 is 1.39. The highest BCUT2D eigenvalue weighted by Crippen LogP contribution is 2.19. The van der Waals surface area contributed by atoms with Gasteiger partial charge < -0.3 is 14.8 Å². The molecule has 2 heterocycles. The zero-order valence-corrected chi connectivity index (χ0v) is 13.0. The summed E-state index contributed by atoms with van der Waals surface area (Å²) in [5.74, 6) is -0.162. The Labute approximate surface area is 127 Å². The van der Waals surface area contributed by atoms with Gasteiger partial charge in [-0.1, -0.05) is 6.07 Å². The van der Waals surface area contributed by atoms with Gasteiger partial charge in [0.05, 0.1) is 6.04 Å². The van der Waals surface area contributed by atoms with E-state index >= 15 is 0 Å². The summed E-state index contributed by atoms with van der Waals surface area (Å²) >= 11 is 1.64. The first kappa shape index (κ1) is 15.5. The van der Waals surface area contributed by atoms with E-state index in [1.54, 1.807) is 29.7 Å². The number of likely N-dealkylation sites (N-methyl/N-ethyl adjacent to an activating group) is 1. The maximum absolute atomic E-state index is 12.0. The number of carbonyl (C=O) groups excluding carboxylic acids is 1. The number of carbonyl (C=O) groups is 1. The van der Waals surface area contributed by atoms with E-state index in [2.05, 4.69) is 21.7 Å². The lowest BCUT2D eigenvalue weighted by Gasteiger charge is -2.24. The lowest BCUT2D eigenvalue weighted by Crippen LogP contribution is -2.37. The Morgan fingerprint density at radius 2 is 2.19 bits per heavy atom. The van der Waals surface area contributed by atoms with Crippen molar-refractivity contribution >= 4 is 17.2 Å². The predicted octanol–water partition coefficient (Wildman–Crippen LogP) is 1.33. The standard InChI is InChI=1S/C15H19N3O2S/c1-17(2)13(12-6-8-21-11-12)9-16-14(19)10-18-7-4-3-5-15(18)20/h3-8,11,13H,9-10H2,1-2H3,(H,16,19). The fourth-order valence-corrected chi connectivity index (χ4v) is 2.78. The second-order valence-corrected chi connectivity index (χ2v) is 5.79. The molecule has 21 heavy (non-hydrogen) atoms. The minimum absolute atomic E-state index is 0.0451. The summed E-state index contributed by atoms with van der Waals surface area (Å²) in [7, 11) is 3.96. The summed E-state index contributed by atoms with van der Waals surface area (Å²) in [6, 6.07) is 7.04. The van der Waals surface area contributed by atoms with Crippen molar-refractivity contribution in [2.24, 2.45) is 0 Å². The van der Waals surface area contributed by atoms with Crippen LogP contribution in [0.25, 0.3) is 0 Å². The second kappa shape index (κ2) is 7.19. The fraction of sp³-hybridized carbons (Fsp3) is 0.333. The van der Waals surface area contributed by atoms with Crippen LogP contribution in [0.5, 0.6) is 0 Å². The molecule has 112 valence electrons. The molecule has 0 aliphatic rings. The number of aromatic nitrogens is 1. The molecule has 0 spiro atoms. The van der Waals surface area contributed by atoms with Crippen LogP contribution < -0.4 is 10.9 Å². The van der Waals surface area contributed by atoms with Crippen molar-refractivity contribution in [3.05, 3.63) is 57.1 Å². The molecule has 0 saturated carbocycles. The molecule has 0 bridgehead atoms. The van der Waals surface area contributed by atoms with Crippen LogP contribution in [-0.2, 0) is 11.3 Å². The molecule has 0 aliphatic heterocycles. The molecule has 1 amide bonds. The third-order valence-corrected chi connectivity index (χ3v) is 3.96. The van der Waals surface area contributed by atoms with Gasteiger partial charge in [0.1, 0.15) is 6.54 Å². The number of nitrogens with one attached hydrogen (secondary N) is 1. The Morgan fingerprint density at radius 3 is 2.81 bits per heavy atom. The van der Waals surface area contributed by atoms with Crippen LogP contribution in [-0.4, -0.2) is 36.0 Å². The van der Waals surface area contributed by atoms with Gasteiger partial charge in [0.2, 0.25) is 5.91 Å². The molecule has 0 fully saturated rings. The molecule has 1 unspecified atom stereocenters. The van der Waals surface area contributed by atoms with Crippen molar-refractivity contribution in [1.82, 2.24) is 14.8 Å². The number of rotatable bonds is 6. The molecule has 1 atom stereocenters. The molecule has 1 N–H and O–H groups in total. The van der Waals surface area contributed by atoms with E-state index in [1.165, 1.54) is 16.2 Å². The predicted molar refractivity (Wildman–Crippen MR) is 84.5 cm³/mol. The lowest BCUT2D eigenvalue weighted by molar-refractivity contribution is -0.121. The van der Waals surface area contributed by atoms with E-state index in [9.17, 15) is 9.59 Å². The molecule has 2 aromatic heterocycles. The number of thiophene rings is 1. The summed E-state index contributed by atoms with van der Waals surface area (Å²) in [6.07, 6.45) is 1.62. The average Bonchev–Trinajstić information content (AvgIpc) is 2.95. The molecule has 0 radical (unpaired) electrons. The second-order valence-electron chi connectivity index (χ2n) is 5.01. The van der Waals surface area contributed by atoms with Crippen LogP contribution in [0, 0.1) is 0 Å². The average molecular weight is 305 g/mol. The van der Waals surface area contributed by atoms with Gasteiger partial charge in [-0.25, -0.2) is 0 Å². The van der Waals surface area contributed by atoms with E-state index in [0.717, 1.165) is 0 Å². The normalized spacial score (nSPS) is 12.3. The molecule has 0 aromatic carbocycles. The lowest BCUT2D eigenvalue weighted by atomic mass is 10.1. The highest BCUT2D eigenvalue weighted by molar-refractivity contribution is 7.07. The highest BCUT2D eigenvalue weighted by Gasteiger charge is 2.15. The number of nitrogens with zero attached hydrogens (tertiary/aromatic N) is 2. The summed E-state index contributed by atoms with van der Waals surface area (Å²) in [5.41, 5.74) is 1.01. The van der Waals surface area contributed by atoms with Crippen molar-refractivity contribution < 1.29 is 4.79 Å². The molecular formula is C15H19N3O2S. The van der Waals surface area contributed by atoms with Gasteiger partial charge in [0, 0.05) is 18.8 Å². The zero-order chi connectivity index (χ0) is 15.2. The van der Waals surface area contributed by atoms with Gasteiger partial charge in [-0.3, -0.25) is 9.59 Å².